The second-order valence-electron chi connectivity index (χ2n) is 4.70. The van der Waals surface area contributed by atoms with Crippen LogP contribution < -0.4 is 0 Å². The summed E-state index contributed by atoms with van der Waals surface area (Å²) in [6.07, 6.45) is 0. The zero-order valence-electron chi connectivity index (χ0n) is 11.7. The number of aromatic nitrogens is 1. The first kappa shape index (κ1) is 13.3. The molecule has 0 radical (unpaired) electrons. The minimum Gasteiger partial charge on any atom is -0.317 e. The molecule has 0 aliphatic carbocycles. The molecule has 0 amide bonds. The van der Waals surface area contributed by atoms with Crippen LogP contribution >= 0.6 is 0 Å². The van der Waals surface area contributed by atoms with Crippen molar-refractivity contribution < 1.29 is 9.59 Å². The van der Waals surface area contributed by atoms with Crippen molar-refractivity contribution in [1.29, 1.82) is 0 Å². The second kappa shape index (κ2) is 4.84. The van der Waals surface area contributed by atoms with Crippen molar-refractivity contribution in [3.8, 4) is 5.69 Å². The van der Waals surface area contributed by atoms with E-state index >= 15 is 0 Å². The number of carbonyl (C=O) groups is 2. The fraction of sp³-hybridized carbons (Fsp3) is 0.250. The Morgan fingerprint density at radius 2 is 1.26 bits per heavy atom. The van der Waals surface area contributed by atoms with Crippen molar-refractivity contribution in [2.75, 3.05) is 0 Å². The highest BCUT2D eigenvalue weighted by Gasteiger charge is 2.23. The van der Waals surface area contributed by atoms with Gasteiger partial charge >= 0.3 is 0 Å². The molecule has 0 unspecified atom stereocenters. The van der Waals surface area contributed by atoms with E-state index in [0.717, 1.165) is 17.1 Å². The monoisotopic (exact) mass is 255 g/mol. The molecule has 0 spiro atoms. The minimum atomic E-state index is -0.0690. The van der Waals surface area contributed by atoms with Gasteiger partial charge in [0.25, 0.3) is 0 Å². The van der Waals surface area contributed by atoms with Crippen LogP contribution in [0.15, 0.2) is 30.3 Å². The molecule has 1 aromatic carbocycles. The summed E-state index contributed by atoms with van der Waals surface area (Å²) in [7, 11) is 0. The SMILES string of the molecule is CC(=O)c1c(C(C)=O)c(C)n(-c2ccccc2)c1C. The van der Waals surface area contributed by atoms with Crippen LogP contribution in [0.25, 0.3) is 5.69 Å². The number of para-hydroxylation sites is 1. The molecule has 2 aromatic rings. The molecule has 0 bridgehead atoms. The van der Waals surface area contributed by atoms with E-state index in [1.165, 1.54) is 13.8 Å². The van der Waals surface area contributed by atoms with E-state index in [2.05, 4.69) is 0 Å². The summed E-state index contributed by atoms with van der Waals surface area (Å²) in [6, 6.07) is 9.75. The van der Waals surface area contributed by atoms with Gasteiger partial charge < -0.3 is 4.57 Å². The first-order valence-electron chi connectivity index (χ1n) is 6.24. The van der Waals surface area contributed by atoms with Crippen LogP contribution in [0, 0.1) is 13.8 Å². The lowest BCUT2D eigenvalue weighted by atomic mass is 10.0. The van der Waals surface area contributed by atoms with Crippen LogP contribution in [0.3, 0.4) is 0 Å². The van der Waals surface area contributed by atoms with Gasteiger partial charge in [-0.05, 0) is 39.8 Å². The fourth-order valence-electron chi connectivity index (χ4n) is 2.66. The molecular weight excluding hydrogens is 238 g/mol. The van der Waals surface area contributed by atoms with E-state index in [-0.39, 0.29) is 11.6 Å². The Morgan fingerprint density at radius 1 is 0.842 bits per heavy atom. The van der Waals surface area contributed by atoms with E-state index < -0.39 is 0 Å². The molecule has 1 aromatic heterocycles. The number of nitrogens with zero attached hydrogens (tertiary/aromatic N) is 1. The number of carbonyl (C=O) groups excluding carboxylic acids is 2. The average Bonchev–Trinajstić information content (AvgIpc) is 2.62. The molecule has 1 heterocycles. The molecule has 0 fully saturated rings. The Kier molecular flexibility index (Phi) is 3.38. The average molecular weight is 255 g/mol. The molecule has 98 valence electrons. The molecule has 3 nitrogen and oxygen atoms in total. The van der Waals surface area contributed by atoms with Crippen molar-refractivity contribution >= 4 is 11.6 Å². The molecule has 0 saturated heterocycles. The van der Waals surface area contributed by atoms with Crippen LogP contribution in [0.2, 0.25) is 0 Å². The summed E-state index contributed by atoms with van der Waals surface area (Å²) in [4.78, 5) is 23.6. The molecule has 0 atom stereocenters. The summed E-state index contributed by atoms with van der Waals surface area (Å²) in [5, 5.41) is 0. The number of hydrogen-bond donors (Lipinski definition) is 0. The Bertz CT molecular complexity index is 614. The summed E-state index contributed by atoms with van der Waals surface area (Å²) in [5.74, 6) is -0.138. The van der Waals surface area contributed by atoms with Crippen LogP contribution in [0.5, 0.6) is 0 Å². The quantitative estimate of drug-likeness (QED) is 0.787. The van der Waals surface area contributed by atoms with Crippen LogP contribution in [0.1, 0.15) is 46.0 Å². The highest BCUT2D eigenvalue weighted by molar-refractivity contribution is 6.09. The zero-order chi connectivity index (χ0) is 14.2. The first-order valence-corrected chi connectivity index (χ1v) is 6.24. The Morgan fingerprint density at radius 3 is 1.63 bits per heavy atom. The molecular formula is C16H17NO2. The Balaban J connectivity index is 2.81. The van der Waals surface area contributed by atoms with E-state index in [4.69, 9.17) is 0 Å². The van der Waals surface area contributed by atoms with Gasteiger partial charge in [0.05, 0.1) is 0 Å². The third kappa shape index (κ3) is 2.12. The van der Waals surface area contributed by atoms with Crippen molar-refractivity contribution in [2.24, 2.45) is 0 Å². The van der Waals surface area contributed by atoms with Gasteiger partial charge in [-0.2, -0.15) is 0 Å². The standard InChI is InChI=1S/C16H17NO2/c1-10-15(12(3)18)16(13(4)19)11(2)17(10)14-8-6-5-7-9-14/h5-9H,1-4H3. The topological polar surface area (TPSA) is 39.1 Å². The summed E-state index contributed by atoms with van der Waals surface area (Å²) >= 11 is 0. The van der Waals surface area contributed by atoms with Gasteiger partial charge in [0.15, 0.2) is 11.6 Å². The lowest BCUT2D eigenvalue weighted by molar-refractivity contribution is 0.0981. The smallest absolute Gasteiger partial charge is 0.162 e. The third-order valence-electron chi connectivity index (χ3n) is 3.36. The largest absolute Gasteiger partial charge is 0.317 e. The van der Waals surface area contributed by atoms with Gasteiger partial charge in [0.1, 0.15) is 0 Å². The van der Waals surface area contributed by atoms with E-state index in [9.17, 15) is 9.59 Å². The predicted molar refractivity (Wildman–Crippen MR) is 75.3 cm³/mol. The van der Waals surface area contributed by atoms with Gasteiger partial charge in [0.2, 0.25) is 0 Å². The molecule has 0 N–H and O–H groups in total. The van der Waals surface area contributed by atoms with Crippen molar-refractivity contribution in [3.63, 3.8) is 0 Å². The summed E-state index contributed by atoms with van der Waals surface area (Å²) in [5.41, 5.74) is 3.68. The molecule has 3 heteroatoms. The van der Waals surface area contributed by atoms with E-state index in [1.807, 2.05) is 48.7 Å². The van der Waals surface area contributed by atoms with Gasteiger partial charge in [-0.1, -0.05) is 18.2 Å². The number of benzene rings is 1. The lowest BCUT2D eigenvalue weighted by Gasteiger charge is -2.09. The van der Waals surface area contributed by atoms with Gasteiger partial charge in [-0.15, -0.1) is 0 Å². The number of hydrogen-bond acceptors (Lipinski definition) is 2. The Hall–Kier alpha value is -2.16. The predicted octanol–water partition coefficient (Wildman–Crippen LogP) is 3.50. The van der Waals surface area contributed by atoms with Gasteiger partial charge in [-0.3, -0.25) is 9.59 Å². The van der Waals surface area contributed by atoms with E-state index in [1.54, 1.807) is 0 Å². The number of Topliss-reactive ketones (excluding diaryl/α,β-unsaturated/α-hetero) is 2. The Labute approximate surface area is 112 Å². The highest BCUT2D eigenvalue weighted by atomic mass is 16.1. The molecule has 0 aliphatic rings. The minimum absolute atomic E-state index is 0.0690. The number of rotatable bonds is 3. The van der Waals surface area contributed by atoms with Crippen LogP contribution in [-0.2, 0) is 0 Å². The third-order valence-corrected chi connectivity index (χ3v) is 3.36. The van der Waals surface area contributed by atoms with Gasteiger partial charge in [0, 0.05) is 28.2 Å². The maximum atomic E-state index is 11.8. The fourth-order valence-corrected chi connectivity index (χ4v) is 2.66. The van der Waals surface area contributed by atoms with Gasteiger partial charge in [-0.25, -0.2) is 0 Å². The zero-order valence-corrected chi connectivity index (χ0v) is 11.7. The number of ketones is 2. The molecule has 0 aliphatic heterocycles. The highest BCUT2D eigenvalue weighted by Crippen LogP contribution is 2.27. The molecule has 0 saturated carbocycles. The molecule has 19 heavy (non-hydrogen) atoms. The van der Waals surface area contributed by atoms with Crippen LogP contribution in [0.4, 0.5) is 0 Å². The summed E-state index contributed by atoms with van der Waals surface area (Å²) < 4.78 is 1.97. The van der Waals surface area contributed by atoms with Crippen molar-refractivity contribution in [3.05, 3.63) is 52.8 Å². The second-order valence-corrected chi connectivity index (χ2v) is 4.70. The first-order chi connectivity index (χ1) is 8.95. The van der Waals surface area contributed by atoms with Crippen molar-refractivity contribution in [1.82, 2.24) is 4.57 Å². The maximum absolute atomic E-state index is 11.8. The van der Waals surface area contributed by atoms with Crippen molar-refractivity contribution in [2.45, 2.75) is 27.7 Å². The normalized spacial score (nSPS) is 10.5. The molecule has 2 rings (SSSR count). The van der Waals surface area contributed by atoms with Crippen LogP contribution in [-0.4, -0.2) is 16.1 Å². The lowest BCUT2D eigenvalue weighted by Crippen LogP contribution is -2.02. The summed E-state index contributed by atoms with van der Waals surface area (Å²) in [6.45, 7) is 6.76. The maximum Gasteiger partial charge on any atom is 0.162 e. The van der Waals surface area contributed by atoms with E-state index in [0.29, 0.717) is 11.1 Å².